The highest BCUT2D eigenvalue weighted by Crippen LogP contribution is 2.17. The second kappa shape index (κ2) is 4.80. The van der Waals surface area contributed by atoms with E-state index in [0.717, 1.165) is 11.3 Å². The summed E-state index contributed by atoms with van der Waals surface area (Å²) in [6.07, 6.45) is 3.34. The summed E-state index contributed by atoms with van der Waals surface area (Å²) in [5, 5.41) is 14.2. The van der Waals surface area contributed by atoms with E-state index < -0.39 is 0 Å². The molecule has 2 aromatic heterocycles. The van der Waals surface area contributed by atoms with E-state index in [1.165, 1.54) is 0 Å². The van der Waals surface area contributed by atoms with Crippen LogP contribution in [-0.2, 0) is 0 Å². The highest BCUT2D eigenvalue weighted by Gasteiger charge is 2.13. The Morgan fingerprint density at radius 1 is 1.53 bits per heavy atom. The van der Waals surface area contributed by atoms with Crippen molar-refractivity contribution in [2.45, 2.75) is 19.9 Å². The van der Waals surface area contributed by atoms with Crippen molar-refractivity contribution in [3.05, 3.63) is 21.9 Å². The summed E-state index contributed by atoms with van der Waals surface area (Å²) >= 11 is 6.63. The van der Waals surface area contributed by atoms with Crippen LogP contribution in [0.15, 0.2) is 12.4 Å². The number of amides is 1. The number of anilines is 1. The molecule has 0 radical (unpaired) electrons. The lowest BCUT2D eigenvalue weighted by molar-refractivity contribution is 0.102. The van der Waals surface area contributed by atoms with Gasteiger partial charge in [-0.05, 0) is 25.4 Å². The van der Waals surface area contributed by atoms with Crippen molar-refractivity contribution >= 4 is 34.5 Å². The topological polar surface area (TPSA) is 72.7 Å². The molecule has 0 saturated carbocycles. The highest BCUT2D eigenvalue weighted by molar-refractivity contribution is 7.17. The van der Waals surface area contributed by atoms with Crippen molar-refractivity contribution in [3.8, 4) is 0 Å². The smallest absolute Gasteiger partial charge is 0.286 e. The number of rotatable bonds is 3. The maximum absolute atomic E-state index is 11.7. The molecule has 0 aromatic carbocycles. The summed E-state index contributed by atoms with van der Waals surface area (Å²) in [7, 11) is 0. The van der Waals surface area contributed by atoms with E-state index in [-0.39, 0.29) is 21.4 Å². The average molecular weight is 272 g/mol. The molecular formula is C9H10ClN5OS. The molecule has 2 rings (SSSR count). The Bertz CT molecular complexity index is 535. The van der Waals surface area contributed by atoms with Crippen molar-refractivity contribution in [1.82, 2.24) is 20.0 Å². The fraction of sp³-hybridized carbons (Fsp3) is 0.333. The van der Waals surface area contributed by atoms with Gasteiger partial charge in [0.2, 0.25) is 9.47 Å². The van der Waals surface area contributed by atoms with Gasteiger partial charge in [-0.3, -0.25) is 9.48 Å². The van der Waals surface area contributed by atoms with Gasteiger partial charge in [-0.2, -0.15) is 5.10 Å². The van der Waals surface area contributed by atoms with E-state index in [1.807, 2.05) is 13.8 Å². The van der Waals surface area contributed by atoms with Crippen molar-refractivity contribution in [1.29, 1.82) is 0 Å². The molecule has 1 amide bonds. The molecule has 6 nitrogen and oxygen atoms in total. The van der Waals surface area contributed by atoms with Crippen molar-refractivity contribution < 1.29 is 4.79 Å². The van der Waals surface area contributed by atoms with E-state index in [2.05, 4.69) is 20.6 Å². The van der Waals surface area contributed by atoms with Gasteiger partial charge in [-0.25, -0.2) is 0 Å². The summed E-state index contributed by atoms with van der Waals surface area (Å²) in [6.45, 7) is 4.01. The Labute approximate surface area is 107 Å². The summed E-state index contributed by atoms with van der Waals surface area (Å²) in [5.74, 6) is -0.335. The zero-order chi connectivity index (χ0) is 12.4. The first kappa shape index (κ1) is 12.0. The highest BCUT2D eigenvalue weighted by atomic mass is 35.5. The standard InChI is InChI=1S/C9H10ClN5OS/c1-5(2)15-4-6(3-11-15)12-7(16)8-13-14-9(10)17-8/h3-5H,1-2H3,(H,12,16). The van der Waals surface area contributed by atoms with Gasteiger partial charge < -0.3 is 5.32 Å². The van der Waals surface area contributed by atoms with Crippen LogP contribution in [-0.4, -0.2) is 25.9 Å². The molecule has 17 heavy (non-hydrogen) atoms. The van der Waals surface area contributed by atoms with Crippen LogP contribution in [0.3, 0.4) is 0 Å². The van der Waals surface area contributed by atoms with Crippen LogP contribution in [0.5, 0.6) is 0 Å². The number of aromatic nitrogens is 4. The molecule has 2 heterocycles. The summed E-state index contributed by atoms with van der Waals surface area (Å²) in [4.78, 5) is 11.7. The third-order valence-electron chi connectivity index (χ3n) is 1.98. The molecule has 0 atom stereocenters. The fourth-order valence-electron chi connectivity index (χ4n) is 1.17. The molecule has 0 aliphatic carbocycles. The predicted octanol–water partition coefficient (Wildman–Crippen LogP) is 2.22. The first-order chi connectivity index (χ1) is 8.06. The number of hydrogen-bond donors (Lipinski definition) is 1. The summed E-state index contributed by atoms with van der Waals surface area (Å²) in [6, 6.07) is 0.247. The zero-order valence-corrected chi connectivity index (χ0v) is 10.8. The minimum Gasteiger partial charge on any atom is -0.317 e. The maximum Gasteiger partial charge on any atom is 0.286 e. The van der Waals surface area contributed by atoms with Gasteiger partial charge in [0.15, 0.2) is 0 Å². The Kier molecular flexibility index (Phi) is 3.39. The third-order valence-corrected chi connectivity index (χ3v) is 3.00. The summed E-state index contributed by atoms with van der Waals surface area (Å²) < 4.78 is 2.00. The second-order valence-electron chi connectivity index (χ2n) is 3.62. The number of halogens is 1. The molecule has 0 fully saturated rings. The Balaban J connectivity index is 2.07. The van der Waals surface area contributed by atoms with E-state index in [9.17, 15) is 4.79 Å². The number of carbonyl (C=O) groups is 1. The molecule has 0 aliphatic heterocycles. The van der Waals surface area contributed by atoms with Gasteiger partial charge in [-0.1, -0.05) is 11.3 Å². The largest absolute Gasteiger partial charge is 0.317 e. The van der Waals surface area contributed by atoms with Gasteiger partial charge >= 0.3 is 0 Å². The van der Waals surface area contributed by atoms with E-state index in [4.69, 9.17) is 11.6 Å². The molecule has 0 unspecified atom stereocenters. The van der Waals surface area contributed by atoms with Crippen LogP contribution in [0, 0.1) is 0 Å². The molecule has 0 bridgehead atoms. The molecule has 90 valence electrons. The van der Waals surface area contributed by atoms with Gasteiger partial charge in [0.25, 0.3) is 5.91 Å². The Hall–Kier alpha value is -1.47. The molecule has 2 aromatic rings. The quantitative estimate of drug-likeness (QED) is 0.929. The fourth-order valence-corrected chi connectivity index (χ4v) is 1.89. The van der Waals surface area contributed by atoms with Crippen LogP contribution in [0.1, 0.15) is 29.7 Å². The lowest BCUT2D eigenvalue weighted by Crippen LogP contribution is -2.11. The first-order valence-electron chi connectivity index (χ1n) is 4.91. The molecular weight excluding hydrogens is 262 g/mol. The number of hydrogen-bond acceptors (Lipinski definition) is 5. The maximum atomic E-state index is 11.7. The minimum absolute atomic E-state index is 0.229. The lowest BCUT2D eigenvalue weighted by atomic mass is 10.4. The van der Waals surface area contributed by atoms with E-state index in [0.29, 0.717) is 5.69 Å². The van der Waals surface area contributed by atoms with Gasteiger partial charge in [0.05, 0.1) is 11.9 Å². The molecule has 0 aliphatic rings. The first-order valence-corrected chi connectivity index (χ1v) is 6.10. The average Bonchev–Trinajstić information content (AvgIpc) is 2.86. The molecule has 0 saturated heterocycles. The van der Waals surface area contributed by atoms with Crippen LogP contribution >= 0.6 is 22.9 Å². The van der Waals surface area contributed by atoms with E-state index >= 15 is 0 Å². The number of nitrogens with one attached hydrogen (secondary N) is 1. The van der Waals surface area contributed by atoms with Crippen molar-refractivity contribution in [2.24, 2.45) is 0 Å². The van der Waals surface area contributed by atoms with Crippen molar-refractivity contribution in [2.75, 3.05) is 5.32 Å². The zero-order valence-electron chi connectivity index (χ0n) is 9.22. The normalized spacial score (nSPS) is 10.8. The van der Waals surface area contributed by atoms with Crippen molar-refractivity contribution in [3.63, 3.8) is 0 Å². The van der Waals surface area contributed by atoms with Crippen LogP contribution in [0.2, 0.25) is 4.47 Å². The third kappa shape index (κ3) is 2.80. The van der Waals surface area contributed by atoms with Gasteiger partial charge in [-0.15, -0.1) is 10.2 Å². The van der Waals surface area contributed by atoms with Gasteiger partial charge in [0, 0.05) is 12.2 Å². The lowest BCUT2D eigenvalue weighted by Gasteiger charge is -2.03. The second-order valence-corrected chi connectivity index (χ2v) is 5.18. The number of carbonyl (C=O) groups excluding carboxylic acids is 1. The Morgan fingerprint density at radius 3 is 2.82 bits per heavy atom. The minimum atomic E-state index is -0.335. The van der Waals surface area contributed by atoms with E-state index in [1.54, 1.807) is 17.1 Å². The SMILES string of the molecule is CC(C)n1cc(NC(=O)c2nnc(Cl)s2)cn1. The van der Waals surface area contributed by atoms with Crippen LogP contribution in [0.25, 0.3) is 0 Å². The van der Waals surface area contributed by atoms with Gasteiger partial charge in [0.1, 0.15) is 0 Å². The van der Waals surface area contributed by atoms with Crippen LogP contribution < -0.4 is 5.32 Å². The van der Waals surface area contributed by atoms with Crippen LogP contribution in [0.4, 0.5) is 5.69 Å². The number of nitrogens with zero attached hydrogens (tertiary/aromatic N) is 4. The predicted molar refractivity (Wildman–Crippen MR) is 65.5 cm³/mol. The monoisotopic (exact) mass is 271 g/mol. The Morgan fingerprint density at radius 2 is 2.29 bits per heavy atom. The molecule has 0 spiro atoms. The summed E-state index contributed by atoms with van der Waals surface area (Å²) in [5.41, 5.74) is 0.620. The molecule has 8 heteroatoms. The molecule has 1 N–H and O–H groups in total.